The molecule has 106 valence electrons. The molecule has 9 nitrogen and oxygen atoms in total. The van der Waals surface area contributed by atoms with Crippen LogP contribution in [-0.2, 0) is 21.4 Å². The van der Waals surface area contributed by atoms with Crippen molar-refractivity contribution in [2.45, 2.75) is 11.4 Å². The molecule has 2 rings (SSSR count). The monoisotopic (exact) mass is 297 g/mol. The van der Waals surface area contributed by atoms with Gasteiger partial charge in [0.1, 0.15) is 11.4 Å². The van der Waals surface area contributed by atoms with Crippen molar-refractivity contribution in [2.75, 3.05) is 4.72 Å². The van der Waals surface area contributed by atoms with E-state index in [1.807, 2.05) is 0 Å². The fourth-order valence-corrected chi connectivity index (χ4v) is 2.43. The molecule has 0 aliphatic carbocycles. The summed E-state index contributed by atoms with van der Waals surface area (Å²) in [7, 11) is -3.83. The molecule has 0 aromatic carbocycles. The van der Waals surface area contributed by atoms with E-state index in [1.165, 1.54) is 23.1 Å². The number of primary amides is 1. The maximum atomic E-state index is 12.0. The summed E-state index contributed by atoms with van der Waals surface area (Å²) < 4.78 is 27.4. The second-order valence-electron chi connectivity index (χ2n) is 3.89. The third-order valence-electron chi connectivity index (χ3n) is 2.27. The maximum absolute atomic E-state index is 12.0. The molecule has 0 aliphatic rings. The molecule has 4 N–H and O–H groups in total. The number of aromatic nitrogens is 3. The van der Waals surface area contributed by atoms with Crippen LogP contribution in [0.15, 0.2) is 40.4 Å². The highest BCUT2D eigenvalue weighted by atomic mass is 32.2. The minimum absolute atomic E-state index is 0.0975. The fraction of sp³-hybridized carbons (Fsp3) is 0.100. The van der Waals surface area contributed by atoms with Crippen LogP contribution in [0.4, 0.5) is 5.69 Å². The van der Waals surface area contributed by atoms with Crippen LogP contribution in [0.3, 0.4) is 0 Å². The summed E-state index contributed by atoms with van der Waals surface area (Å²) in [4.78, 5) is 23.8. The van der Waals surface area contributed by atoms with Gasteiger partial charge >= 0.3 is 0 Å². The van der Waals surface area contributed by atoms with E-state index < -0.39 is 21.5 Å². The first-order chi connectivity index (χ1) is 9.37. The lowest BCUT2D eigenvalue weighted by atomic mass is 10.5. The van der Waals surface area contributed by atoms with Gasteiger partial charge in [0.05, 0.1) is 11.9 Å². The van der Waals surface area contributed by atoms with Gasteiger partial charge in [-0.15, -0.1) is 0 Å². The number of H-pyrrole nitrogens is 1. The van der Waals surface area contributed by atoms with Crippen molar-refractivity contribution in [1.29, 1.82) is 0 Å². The van der Waals surface area contributed by atoms with Gasteiger partial charge in [-0.25, -0.2) is 8.42 Å². The molecule has 0 atom stereocenters. The quantitative estimate of drug-likeness (QED) is 0.639. The van der Waals surface area contributed by atoms with Crippen LogP contribution >= 0.6 is 0 Å². The first kappa shape index (κ1) is 13.8. The van der Waals surface area contributed by atoms with Crippen LogP contribution in [0.25, 0.3) is 0 Å². The number of anilines is 1. The number of sulfonamides is 1. The highest BCUT2D eigenvalue weighted by Gasteiger charge is 2.15. The third-order valence-corrected chi connectivity index (χ3v) is 3.65. The molecule has 0 aliphatic heterocycles. The summed E-state index contributed by atoms with van der Waals surface area (Å²) in [6.07, 6.45) is 3.65. The van der Waals surface area contributed by atoms with Gasteiger partial charge in [0.15, 0.2) is 0 Å². The zero-order valence-electron chi connectivity index (χ0n) is 10.1. The van der Waals surface area contributed by atoms with Crippen LogP contribution in [0.5, 0.6) is 0 Å². The van der Waals surface area contributed by atoms with E-state index in [4.69, 9.17) is 5.73 Å². The Morgan fingerprint density at radius 3 is 2.80 bits per heavy atom. The molecule has 0 fully saturated rings. The molecule has 2 aromatic rings. The van der Waals surface area contributed by atoms with Crippen molar-refractivity contribution >= 4 is 21.6 Å². The van der Waals surface area contributed by atoms with Crippen LogP contribution in [-0.4, -0.2) is 29.1 Å². The Hall–Kier alpha value is -2.62. The Balaban J connectivity index is 2.20. The number of hydrogen-bond donors (Lipinski definition) is 3. The Bertz CT molecular complexity index is 771. The lowest BCUT2D eigenvalue weighted by Crippen LogP contribution is -2.19. The van der Waals surface area contributed by atoms with E-state index in [1.54, 1.807) is 0 Å². The standard InChI is InChI=1S/C10H11N5O4S/c11-9(16)6-15-5-7(3-13-15)14-20(18,19)8-1-2-10(17)12-4-8/h1-5,14H,6H2,(H2,11,16)(H,12,17). The predicted octanol–water partition coefficient (Wildman–Crippen LogP) is -1.14. The summed E-state index contributed by atoms with van der Waals surface area (Å²) in [5.74, 6) is -0.594. The van der Waals surface area contributed by atoms with Crippen molar-refractivity contribution < 1.29 is 13.2 Å². The molecular formula is C10H11N5O4S. The number of nitrogens with zero attached hydrogens (tertiary/aromatic N) is 2. The molecule has 0 unspecified atom stereocenters. The van der Waals surface area contributed by atoms with Crippen molar-refractivity contribution in [2.24, 2.45) is 5.73 Å². The van der Waals surface area contributed by atoms with Crippen LogP contribution in [0.2, 0.25) is 0 Å². The maximum Gasteiger partial charge on any atom is 0.263 e. The van der Waals surface area contributed by atoms with Crippen molar-refractivity contribution in [3.63, 3.8) is 0 Å². The number of nitrogens with two attached hydrogens (primary N) is 1. The second kappa shape index (κ2) is 5.17. The van der Waals surface area contributed by atoms with Crippen molar-refractivity contribution in [3.8, 4) is 0 Å². The number of amides is 1. The molecule has 20 heavy (non-hydrogen) atoms. The van der Waals surface area contributed by atoms with Gasteiger partial charge < -0.3 is 10.7 Å². The summed E-state index contributed by atoms with van der Waals surface area (Å²) in [5, 5.41) is 3.78. The fourth-order valence-electron chi connectivity index (χ4n) is 1.44. The molecule has 0 radical (unpaired) electrons. The van der Waals surface area contributed by atoms with Crippen molar-refractivity contribution in [3.05, 3.63) is 41.1 Å². The highest BCUT2D eigenvalue weighted by Crippen LogP contribution is 2.13. The summed E-state index contributed by atoms with van der Waals surface area (Å²) in [6, 6.07) is 2.28. The van der Waals surface area contributed by atoms with Gasteiger partial charge in [0.25, 0.3) is 10.0 Å². The highest BCUT2D eigenvalue weighted by molar-refractivity contribution is 7.92. The topological polar surface area (TPSA) is 140 Å². The predicted molar refractivity (Wildman–Crippen MR) is 69.3 cm³/mol. The van der Waals surface area contributed by atoms with Gasteiger partial charge in [-0.3, -0.25) is 19.0 Å². The van der Waals surface area contributed by atoms with E-state index >= 15 is 0 Å². The van der Waals surface area contributed by atoms with E-state index in [0.29, 0.717) is 0 Å². The minimum atomic E-state index is -3.83. The van der Waals surface area contributed by atoms with Gasteiger partial charge in [0, 0.05) is 18.5 Å². The molecule has 2 heterocycles. The average molecular weight is 297 g/mol. The molecule has 0 bridgehead atoms. The number of nitrogens with one attached hydrogen (secondary N) is 2. The number of hydrogen-bond acceptors (Lipinski definition) is 5. The number of rotatable bonds is 5. The molecule has 1 amide bonds. The molecule has 0 saturated heterocycles. The molecule has 0 spiro atoms. The van der Waals surface area contributed by atoms with E-state index in [-0.39, 0.29) is 17.1 Å². The number of carbonyl (C=O) groups is 1. The van der Waals surface area contributed by atoms with Crippen molar-refractivity contribution in [1.82, 2.24) is 14.8 Å². The Morgan fingerprint density at radius 2 is 2.20 bits per heavy atom. The van der Waals surface area contributed by atoms with Gasteiger partial charge in [0.2, 0.25) is 11.5 Å². The van der Waals surface area contributed by atoms with E-state index in [9.17, 15) is 18.0 Å². The summed E-state index contributed by atoms with van der Waals surface area (Å²) >= 11 is 0. The van der Waals surface area contributed by atoms with Crippen LogP contribution in [0.1, 0.15) is 0 Å². The lowest BCUT2D eigenvalue weighted by Gasteiger charge is -2.04. The van der Waals surface area contributed by atoms with Gasteiger partial charge in [-0.1, -0.05) is 0 Å². The van der Waals surface area contributed by atoms with Crippen LogP contribution in [0, 0.1) is 0 Å². The second-order valence-corrected chi connectivity index (χ2v) is 5.57. The number of aromatic amines is 1. The van der Waals surface area contributed by atoms with E-state index in [0.717, 1.165) is 12.3 Å². The zero-order valence-corrected chi connectivity index (χ0v) is 10.9. The third kappa shape index (κ3) is 3.23. The normalized spacial score (nSPS) is 11.2. The number of carbonyl (C=O) groups excluding carboxylic acids is 1. The Morgan fingerprint density at radius 1 is 1.45 bits per heavy atom. The van der Waals surface area contributed by atoms with E-state index in [2.05, 4.69) is 14.8 Å². The SMILES string of the molecule is NC(=O)Cn1cc(NS(=O)(=O)c2ccc(=O)[nH]c2)cn1. The van der Waals surface area contributed by atoms with Crippen LogP contribution < -0.4 is 16.0 Å². The summed E-state index contributed by atoms with van der Waals surface area (Å²) in [6.45, 7) is -0.152. The van der Waals surface area contributed by atoms with Gasteiger partial charge in [-0.2, -0.15) is 5.10 Å². The molecule has 2 aromatic heterocycles. The number of pyridine rings is 1. The zero-order chi connectivity index (χ0) is 14.8. The Kier molecular flexibility index (Phi) is 3.57. The molecular weight excluding hydrogens is 286 g/mol. The minimum Gasteiger partial charge on any atom is -0.368 e. The lowest BCUT2D eigenvalue weighted by molar-refractivity contribution is -0.118. The average Bonchev–Trinajstić information content (AvgIpc) is 2.75. The largest absolute Gasteiger partial charge is 0.368 e. The first-order valence-corrected chi connectivity index (χ1v) is 6.87. The molecule has 0 saturated carbocycles. The molecule has 10 heteroatoms. The first-order valence-electron chi connectivity index (χ1n) is 5.39. The smallest absolute Gasteiger partial charge is 0.263 e. The van der Waals surface area contributed by atoms with Gasteiger partial charge in [-0.05, 0) is 6.07 Å². The Labute approximate surface area is 113 Å². The summed E-state index contributed by atoms with van der Waals surface area (Å²) in [5.41, 5.74) is 4.77.